The Bertz CT molecular complexity index is 5530. The van der Waals surface area contributed by atoms with E-state index in [-0.39, 0.29) is 126 Å². The normalized spacial score (nSPS) is 15.7. The maximum Gasteiger partial charge on any atom is 0.410 e. The van der Waals surface area contributed by atoms with Crippen molar-refractivity contribution in [2.45, 2.75) is 166 Å². The Kier molecular flexibility index (Phi) is 44.9. The van der Waals surface area contributed by atoms with Crippen LogP contribution in [0.4, 0.5) is 41.9 Å². The summed E-state index contributed by atoms with van der Waals surface area (Å²) in [6.45, 7) is 19.1. The van der Waals surface area contributed by atoms with Crippen LogP contribution in [-0.2, 0) is 23.6 Å². The topological polar surface area (TPSA) is 396 Å². The standard InChI is InChI=1S/C18H17ClFN5O3.C16H21ClFNO3.C12H15ClFN3O2.C12H12ClFN2O.C11H13ClFNO.C10H19NO3.C6H4ClFO.C6H6N2O3.ClH/c1-24-15(26)6-5-13(22-24)17-21-18(23-28-17)25-9-7-11(8-10-25)27-14-4-2-3-12(20)16(14)19;1-16(2,3)22-15(20)19-9-7-11(8-10-19)21-13-6-4-5-12(18)14(13)17;13-11-9(14)2-1-3-10(11)19-8-4-6-17(7-5-8)12(15)16-18;13-12-10(14)2-1-3-11(12)17-9-4-6-16(8-15)7-5-9;12-11-9(13)2-1-3-10(11)15-8-4-6-14-7-5-8;1-10(2,3)14-9(13)11-6-4-8(12)5-7-11;7-6-4(8)2-1-3-5(6)9;1-8-5(9)3-2-4(7-8)6(10)11;/h2-6,11H,7-10H2,1H3;4-6,11H,7-10H2,1-3H3;1-3,8,18H,4-7H2,(H2,15,16);1-3,9H,4-7H2;1-3,8,14H,4-7H2;8,12H,4-7H2,1-3H3;1-3,9H;2-3H,1H3,(H,10,11);1H. The highest BCUT2D eigenvalue weighted by Gasteiger charge is 2.32. The van der Waals surface area contributed by atoms with Gasteiger partial charge in [0, 0.05) is 143 Å². The number of phenolic OH excluding ortho intramolecular Hbond substituents is 1. The summed E-state index contributed by atoms with van der Waals surface area (Å²) < 4.78 is 125. The number of aliphatic hydroxyl groups excluding tert-OH is 1. The van der Waals surface area contributed by atoms with Crippen LogP contribution in [0.25, 0.3) is 11.6 Å². The molecule has 6 aliphatic rings. The molecule has 45 heteroatoms. The smallest absolute Gasteiger partial charge is 0.410 e. The van der Waals surface area contributed by atoms with Gasteiger partial charge in [-0.2, -0.15) is 20.4 Å². The molecule has 0 spiro atoms. The van der Waals surface area contributed by atoms with E-state index in [1.165, 1.54) is 72.4 Å². The van der Waals surface area contributed by atoms with Gasteiger partial charge in [0.25, 0.3) is 23.0 Å². The number of carboxylic acids is 1. The number of nitrogens with two attached hydrogens (primary N) is 1. The fraction of sp³-hybridized carbons (Fsp3) is 0.440. The minimum absolute atomic E-state index is 0. The Morgan fingerprint density at radius 2 is 0.816 bits per heavy atom. The molecule has 15 rings (SSSR count). The minimum atomic E-state index is -1.14. The number of carbonyl (C=O) groups excluding carboxylic acids is 2. The molecule has 6 aliphatic heterocycles. The largest absolute Gasteiger partial charge is 0.506 e. The number of carboxylic acid groups (broad SMARTS) is 1. The number of likely N-dealkylation sites (tertiary alicyclic amines) is 4. The summed E-state index contributed by atoms with van der Waals surface area (Å²) >= 11 is 34.5. The number of nitrogens with one attached hydrogen (secondary N) is 1. The lowest BCUT2D eigenvalue weighted by molar-refractivity contribution is 0.00957. The van der Waals surface area contributed by atoms with E-state index in [9.17, 15) is 55.4 Å². The zero-order chi connectivity index (χ0) is 98.8. The van der Waals surface area contributed by atoms with E-state index in [4.69, 9.17) is 134 Å². The molecular formula is C91H108Cl7F6N15O17. The van der Waals surface area contributed by atoms with Crippen LogP contribution in [0.1, 0.15) is 129 Å². The highest BCUT2D eigenvalue weighted by molar-refractivity contribution is 6.33. The molecule has 0 unspecified atom stereocenters. The number of aliphatic hydroxyl groups is 1. The van der Waals surface area contributed by atoms with Gasteiger partial charge in [0.15, 0.2) is 11.9 Å². The minimum Gasteiger partial charge on any atom is -0.506 e. The predicted octanol–water partition coefficient (Wildman–Crippen LogP) is 17.8. The van der Waals surface area contributed by atoms with Crippen molar-refractivity contribution in [3.05, 3.63) is 225 Å². The predicted molar refractivity (Wildman–Crippen MR) is 503 cm³/mol. The van der Waals surface area contributed by atoms with Crippen LogP contribution in [0.2, 0.25) is 30.1 Å². The Hall–Kier alpha value is -11.3. The van der Waals surface area contributed by atoms with Crippen molar-refractivity contribution in [3.8, 4) is 52.3 Å². The van der Waals surface area contributed by atoms with Crippen molar-refractivity contribution >= 4 is 112 Å². The number of nitrogens with zero attached hydrogens (tertiary/aromatic N) is 13. The average molecular weight is 2050 g/mol. The molecule has 6 aromatic carbocycles. The lowest BCUT2D eigenvalue weighted by Crippen LogP contribution is -2.45. The molecule has 0 aliphatic carbocycles. The quantitative estimate of drug-likeness (QED) is 0.0156. The number of benzene rings is 6. The van der Waals surface area contributed by atoms with Crippen molar-refractivity contribution in [1.82, 2.24) is 54.6 Å². The van der Waals surface area contributed by atoms with Crippen LogP contribution < -0.4 is 50.8 Å². The van der Waals surface area contributed by atoms with Crippen LogP contribution in [-0.4, -0.2) is 220 Å². The van der Waals surface area contributed by atoms with E-state index >= 15 is 0 Å². The number of aryl methyl sites for hydroxylation is 2. The maximum absolute atomic E-state index is 13.5. The SMILES string of the molecule is CC(C)(C)OC(=O)N1CCC(O)CC1.CC(C)(C)OC(=O)N1CCC(Oc2cccc(F)c2Cl)CC1.Cl.Cn1nc(-c2nc(N3CCC(Oc4cccc(F)c4Cl)CC3)no2)ccc1=O.Cn1nc(C(=O)O)ccc1=O.Fc1cccc(OC2CCNCC2)c1Cl.N#CN1CCC(Oc2cccc(F)c2Cl)CC1.N/C(=N\O)N1CCC(Oc2cccc(F)c2Cl)CC1.Oc1cccc(F)c1Cl. The maximum atomic E-state index is 13.5. The van der Waals surface area contributed by atoms with Crippen LogP contribution in [0, 0.1) is 46.4 Å². The van der Waals surface area contributed by atoms with Crippen molar-refractivity contribution in [2.75, 3.05) is 83.4 Å². The summed E-state index contributed by atoms with van der Waals surface area (Å²) in [6, 6.07) is 31.8. The van der Waals surface area contributed by atoms with Gasteiger partial charge in [-0.1, -0.05) is 111 Å². The number of halogens is 13. The number of aromatic nitrogens is 6. The lowest BCUT2D eigenvalue weighted by Gasteiger charge is -2.33. The van der Waals surface area contributed by atoms with Crippen LogP contribution in [0.5, 0.6) is 34.5 Å². The molecule has 136 heavy (non-hydrogen) atoms. The first-order chi connectivity index (χ1) is 64.1. The molecule has 0 radical (unpaired) electrons. The molecular weight excluding hydrogens is 1940 g/mol. The van der Waals surface area contributed by atoms with Crippen LogP contribution in [0.3, 0.4) is 0 Å². The molecule has 0 bridgehead atoms. The number of nitriles is 1. The molecule has 32 nitrogen and oxygen atoms in total. The Morgan fingerprint density at radius 1 is 0.485 bits per heavy atom. The van der Waals surface area contributed by atoms with Gasteiger partial charge in [-0.25, -0.2) is 50.1 Å². The molecule has 9 aromatic rings. The molecule has 9 heterocycles. The zero-order valence-corrected chi connectivity index (χ0v) is 80.9. The number of carbonyl (C=O) groups is 3. The molecule has 3 aromatic heterocycles. The van der Waals surface area contributed by atoms with Gasteiger partial charge in [0.1, 0.15) is 147 Å². The second-order valence-corrected chi connectivity index (χ2v) is 35.2. The summed E-state index contributed by atoms with van der Waals surface area (Å²) in [4.78, 5) is 69.0. The summed E-state index contributed by atoms with van der Waals surface area (Å²) in [7, 11) is 2.95. The number of aromatic carboxylic acids is 1. The molecule has 6 saturated heterocycles. The fourth-order valence-corrected chi connectivity index (χ4v) is 14.2. The third-order valence-corrected chi connectivity index (χ3v) is 22.6. The molecule has 2 amide bonds. The van der Waals surface area contributed by atoms with Crippen molar-refractivity contribution in [3.63, 3.8) is 0 Å². The average Bonchev–Trinajstić information content (AvgIpc) is 1.28. The van der Waals surface area contributed by atoms with Crippen LogP contribution >= 0.6 is 82.0 Å². The summed E-state index contributed by atoms with van der Waals surface area (Å²) in [5.41, 5.74) is 4.32. The number of aromatic hydroxyl groups is 1. The molecule has 7 N–H and O–H groups in total. The van der Waals surface area contributed by atoms with Gasteiger partial charge in [0.2, 0.25) is 5.96 Å². The van der Waals surface area contributed by atoms with Crippen LogP contribution in [0.15, 0.2) is 153 Å². The number of ether oxygens (including phenoxy) is 7. The fourth-order valence-electron chi connectivity index (χ4n) is 13.2. The van der Waals surface area contributed by atoms with E-state index in [2.05, 4.69) is 37.0 Å². The molecule has 0 atom stereocenters. The van der Waals surface area contributed by atoms with E-state index < -0.39 is 52.1 Å². The Morgan fingerprint density at radius 3 is 1.15 bits per heavy atom. The zero-order valence-electron chi connectivity index (χ0n) is 75.6. The number of piperidine rings is 6. The molecule has 0 saturated carbocycles. The number of hydrogen-bond acceptors (Lipinski definition) is 25. The monoisotopic (exact) mass is 2040 g/mol. The molecule has 740 valence electrons. The van der Waals surface area contributed by atoms with Gasteiger partial charge in [-0.05, 0) is 170 Å². The number of rotatable bonds is 13. The third kappa shape index (κ3) is 36.3. The second-order valence-electron chi connectivity index (χ2n) is 32.9. The summed E-state index contributed by atoms with van der Waals surface area (Å²) in [5, 5.41) is 61.4. The van der Waals surface area contributed by atoms with E-state index in [1.54, 1.807) is 93.4 Å². The van der Waals surface area contributed by atoms with E-state index in [1.807, 2.05) is 46.4 Å². The number of oxime groups is 1. The third-order valence-electron chi connectivity index (χ3n) is 20.4. The lowest BCUT2D eigenvalue weighted by atomic mass is 10.1. The first-order valence-corrected chi connectivity index (χ1v) is 45.1. The number of anilines is 1. The van der Waals surface area contributed by atoms with Crippen molar-refractivity contribution < 1.29 is 98.9 Å². The summed E-state index contributed by atoms with van der Waals surface area (Å²) in [5.74, 6) is -1.68. The number of phenols is 1. The van der Waals surface area contributed by atoms with Gasteiger partial charge in [-0.3, -0.25) is 9.59 Å². The Balaban J connectivity index is 0.000000216. The molecule has 6 fully saturated rings. The van der Waals surface area contributed by atoms with Gasteiger partial charge >= 0.3 is 18.2 Å². The second kappa shape index (κ2) is 54.6. The number of amides is 2. The highest BCUT2D eigenvalue weighted by Crippen LogP contribution is 2.36. The number of guanidine groups is 1. The Labute approximate surface area is 817 Å². The first-order valence-electron chi connectivity index (χ1n) is 42.9. The van der Waals surface area contributed by atoms with Crippen molar-refractivity contribution in [1.29, 1.82) is 5.26 Å². The van der Waals surface area contributed by atoms with E-state index in [0.717, 1.165) is 49.5 Å². The highest BCUT2D eigenvalue weighted by atomic mass is 35.5. The van der Waals surface area contributed by atoms with Crippen molar-refractivity contribution in [2.24, 2.45) is 25.0 Å². The van der Waals surface area contributed by atoms with Gasteiger partial charge in [0.05, 0.1) is 6.10 Å². The van der Waals surface area contributed by atoms with E-state index in [0.29, 0.717) is 157 Å². The van der Waals surface area contributed by atoms with Gasteiger partial charge < -0.3 is 93.8 Å². The first kappa shape index (κ1) is 112. The number of hydrogen-bond donors (Lipinski definition) is 6. The van der Waals surface area contributed by atoms with Gasteiger partial charge in [-0.15, -0.1) is 12.4 Å². The summed E-state index contributed by atoms with van der Waals surface area (Å²) in [6.07, 6.45) is 9.99.